The van der Waals surface area contributed by atoms with Gasteiger partial charge in [0.25, 0.3) is 0 Å². The molecule has 6 nitrogen and oxygen atoms in total. The number of nitro groups is 1. The van der Waals surface area contributed by atoms with Gasteiger partial charge in [-0.25, -0.2) is 0 Å². The first-order valence-corrected chi connectivity index (χ1v) is 5.54. The zero-order valence-electron chi connectivity index (χ0n) is 9.29. The molecule has 3 rings (SSSR count). The summed E-state index contributed by atoms with van der Waals surface area (Å²) in [6, 6.07) is 6.67. The van der Waals surface area contributed by atoms with E-state index in [0.29, 0.717) is 16.2 Å². The highest BCUT2D eigenvalue weighted by atomic mass is 35.5. The SMILES string of the molecule is Cc1nnc2c([N+](=O)[O-])cc3cc(Cl)ccc3n12. The van der Waals surface area contributed by atoms with E-state index in [1.807, 2.05) is 0 Å². The summed E-state index contributed by atoms with van der Waals surface area (Å²) in [7, 11) is 0. The van der Waals surface area contributed by atoms with Gasteiger partial charge in [-0.15, -0.1) is 10.2 Å². The van der Waals surface area contributed by atoms with Crippen LogP contribution in [0.4, 0.5) is 5.69 Å². The summed E-state index contributed by atoms with van der Waals surface area (Å²) < 4.78 is 1.66. The molecule has 0 atom stereocenters. The lowest BCUT2D eigenvalue weighted by molar-refractivity contribution is -0.383. The second kappa shape index (κ2) is 3.64. The number of hydrogen-bond acceptors (Lipinski definition) is 4. The largest absolute Gasteiger partial charge is 0.314 e. The Morgan fingerprint density at radius 1 is 1.33 bits per heavy atom. The quantitative estimate of drug-likeness (QED) is 0.499. The molecule has 0 N–H and O–H groups in total. The van der Waals surface area contributed by atoms with E-state index in [-0.39, 0.29) is 11.3 Å². The first-order chi connectivity index (χ1) is 8.58. The van der Waals surface area contributed by atoms with Gasteiger partial charge in [-0.3, -0.25) is 14.5 Å². The monoisotopic (exact) mass is 262 g/mol. The number of aryl methyl sites for hydroxylation is 1. The van der Waals surface area contributed by atoms with Crippen LogP contribution >= 0.6 is 11.6 Å². The van der Waals surface area contributed by atoms with Gasteiger partial charge in [0.15, 0.2) is 0 Å². The average Bonchev–Trinajstić information content (AvgIpc) is 2.70. The Hall–Kier alpha value is -2.21. The van der Waals surface area contributed by atoms with Crippen molar-refractivity contribution in [2.45, 2.75) is 6.92 Å². The lowest BCUT2D eigenvalue weighted by atomic mass is 10.2. The number of pyridine rings is 1. The summed E-state index contributed by atoms with van der Waals surface area (Å²) in [5.41, 5.74) is 0.959. The van der Waals surface area contributed by atoms with Gasteiger partial charge in [0.05, 0.1) is 10.4 Å². The van der Waals surface area contributed by atoms with E-state index in [0.717, 1.165) is 5.52 Å². The highest BCUT2D eigenvalue weighted by Crippen LogP contribution is 2.28. The number of nitrogens with zero attached hydrogens (tertiary/aromatic N) is 4. The molecule has 3 aromatic rings. The van der Waals surface area contributed by atoms with Crippen LogP contribution in [-0.2, 0) is 0 Å². The van der Waals surface area contributed by atoms with Gasteiger partial charge in [-0.05, 0) is 25.1 Å². The van der Waals surface area contributed by atoms with Crippen molar-refractivity contribution in [2.24, 2.45) is 0 Å². The summed E-state index contributed by atoms with van der Waals surface area (Å²) in [6.45, 7) is 1.75. The molecule has 0 saturated carbocycles. The van der Waals surface area contributed by atoms with Crippen LogP contribution in [0.5, 0.6) is 0 Å². The number of halogens is 1. The summed E-state index contributed by atoms with van der Waals surface area (Å²) in [6.07, 6.45) is 0. The van der Waals surface area contributed by atoms with E-state index in [9.17, 15) is 10.1 Å². The predicted molar refractivity (Wildman–Crippen MR) is 66.9 cm³/mol. The topological polar surface area (TPSA) is 73.3 Å². The third-order valence-corrected chi connectivity index (χ3v) is 3.01. The maximum absolute atomic E-state index is 11.0. The second-order valence-electron chi connectivity index (χ2n) is 3.90. The number of fused-ring (bicyclic) bond motifs is 3. The molecule has 0 amide bonds. The molecule has 0 unspecified atom stereocenters. The van der Waals surface area contributed by atoms with E-state index in [1.165, 1.54) is 6.07 Å². The van der Waals surface area contributed by atoms with Crippen molar-refractivity contribution in [1.82, 2.24) is 14.6 Å². The van der Waals surface area contributed by atoms with E-state index in [4.69, 9.17) is 11.6 Å². The Morgan fingerprint density at radius 2 is 2.11 bits per heavy atom. The molecule has 2 aromatic heterocycles. The molecule has 0 saturated heterocycles. The molecular formula is C11H7ClN4O2. The predicted octanol–water partition coefficient (Wildman–Crippen LogP) is 2.75. The minimum Gasteiger partial charge on any atom is -0.273 e. The van der Waals surface area contributed by atoms with Gasteiger partial charge in [-0.2, -0.15) is 0 Å². The Balaban J connectivity index is 2.59. The zero-order chi connectivity index (χ0) is 12.9. The molecule has 0 aliphatic rings. The van der Waals surface area contributed by atoms with Crippen molar-refractivity contribution in [3.8, 4) is 0 Å². The first-order valence-electron chi connectivity index (χ1n) is 5.16. The van der Waals surface area contributed by atoms with Crippen molar-refractivity contribution in [3.63, 3.8) is 0 Å². The van der Waals surface area contributed by atoms with E-state index in [2.05, 4.69) is 10.2 Å². The average molecular weight is 263 g/mol. The number of aromatic nitrogens is 3. The highest BCUT2D eigenvalue weighted by molar-refractivity contribution is 6.31. The molecule has 1 aromatic carbocycles. The number of hydrogen-bond donors (Lipinski definition) is 0. The standard InChI is InChI=1S/C11H7ClN4O2/c1-6-13-14-11-10(16(17)18)5-7-4-8(12)2-3-9(7)15(6)11/h2-5H,1H3. The van der Waals surface area contributed by atoms with Crippen LogP contribution in [0.15, 0.2) is 24.3 Å². The van der Waals surface area contributed by atoms with E-state index >= 15 is 0 Å². The molecule has 0 radical (unpaired) electrons. The zero-order valence-corrected chi connectivity index (χ0v) is 10.0. The molecule has 18 heavy (non-hydrogen) atoms. The fourth-order valence-electron chi connectivity index (χ4n) is 2.01. The van der Waals surface area contributed by atoms with Crippen LogP contribution < -0.4 is 0 Å². The van der Waals surface area contributed by atoms with Crippen molar-refractivity contribution < 1.29 is 4.92 Å². The van der Waals surface area contributed by atoms with Crippen molar-refractivity contribution in [3.05, 3.63) is 45.2 Å². The smallest absolute Gasteiger partial charge is 0.273 e. The Bertz CT molecular complexity index is 796. The maximum Gasteiger partial charge on any atom is 0.314 e. The molecule has 0 aliphatic heterocycles. The van der Waals surface area contributed by atoms with E-state index < -0.39 is 4.92 Å². The Morgan fingerprint density at radius 3 is 2.83 bits per heavy atom. The number of benzene rings is 1. The van der Waals surface area contributed by atoms with Crippen LogP contribution in [-0.4, -0.2) is 19.5 Å². The van der Waals surface area contributed by atoms with E-state index in [1.54, 1.807) is 29.5 Å². The minimum atomic E-state index is -0.468. The van der Waals surface area contributed by atoms with Crippen molar-refractivity contribution in [2.75, 3.05) is 0 Å². The summed E-state index contributed by atoms with van der Waals surface area (Å²) in [5.74, 6) is 0.598. The third kappa shape index (κ3) is 1.42. The summed E-state index contributed by atoms with van der Waals surface area (Å²) in [4.78, 5) is 10.6. The third-order valence-electron chi connectivity index (χ3n) is 2.77. The first kappa shape index (κ1) is 10.9. The van der Waals surface area contributed by atoms with Crippen LogP contribution in [0.1, 0.15) is 5.82 Å². The lowest BCUT2D eigenvalue weighted by Crippen LogP contribution is -1.97. The number of rotatable bonds is 1. The van der Waals surface area contributed by atoms with Crippen LogP contribution in [0, 0.1) is 17.0 Å². The van der Waals surface area contributed by atoms with Crippen molar-refractivity contribution in [1.29, 1.82) is 0 Å². The fraction of sp³-hybridized carbons (Fsp3) is 0.0909. The van der Waals surface area contributed by atoms with Crippen LogP contribution in [0.25, 0.3) is 16.6 Å². The van der Waals surface area contributed by atoms with Crippen LogP contribution in [0.2, 0.25) is 5.02 Å². The Kier molecular flexibility index (Phi) is 2.21. The molecule has 0 spiro atoms. The molecular weight excluding hydrogens is 256 g/mol. The normalized spacial score (nSPS) is 11.2. The van der Waals surface area contributed by atoms with Gasteiger partial charge in [0.1, 0.15) is 5.82 Å². The highest BCUT2D eigenvalue weighted by Gasteiger charge is 2.19. The second-order valence-corrected chi connectivity index (χ2v) is 4.33. The molecule has 2 heterocycles. The summed E-state index contributed by atoms with van der Waals surface area (Å²) >= 11 is 5.91. The molecule has 0 fully saturated rings. The molecule has 0 bridgehead atoms. The minimum absolute atomic E-state index is 0.0784. The van der Waals surface area contributed by atoms with Gasteiger partial charge < -0.3 is 0 Å². The lowest BCUT2D eigenvalue weighted by Gasteiger charge is -2.04. The van der Waals surface area contributed by atoms with Crippen LogP contribution in [0.3, 0.4) is 0 Å². The van der Waals surface area contributed by atoms with Gasteiger partial charge in [-0.1, -0.05) is 11.6 Å². The van der Waals surface area contributed by atoms with Gasteiger partial charge in [0, 0.05) is 16.5 Å². The molecule has 90 valence electrons. The summed E-state index contributed by atoms with van der Waals surface area (Å²) in [5, 5.41) is 20.0. The van der Waals surface area contributed by atoms with Crippen molar-refractivity contribution >= 4 is 33.8 Å². The van der Waals surface area contributed by atoms with Gasteiger partial charge >= 0.3 is 5.69 Å². The maximum atomic E-state index is 11.0. The fourth-order valence-corrected chi connectivity index (χ4v) is 2.19. The Labute approximate surface area is 106 Å². The molecule has 7 heteroatoms. The molecule has 0 aliphatic carbocycles. The van der Waals surface area contributed by atoms with Gasteiger partial charge in [0.2, 0.25) is 5.65 Å².